The van der Waals surface area contributed by atoms with Crippen LogP contribution in [0.3, 0.4) is 0 Å². The zero-order valence-electron chi connectivity index (χ0n) is 1.83. The fraction of sp³-hybridized carbons (Fsp3) is 0. The topological polar surface area (TPSA) is 0 Å². The number of rotatable bonds is 0. The zero-order valence-corrected chi connectivity index (χ0v) is 6.73. The van der Waals surface area contributed by atoms with Gasteiger partial charge in [-0.2, -0.15) is 9.90 Å². The van der Waals surface area contributed by atoms with Gasteiger partial charge in [0.05, 0.1) is 0 Å². The van der Waals surface area contributed by atoms with Crippen molar-refractivity contribution in [1.29, 1.82) is 0 Å². The van der Waals surface area contributed by atoms with Crippen molar-refractivity contribution in [3.63, 3.8) is 0 Å². The molecule has 0 saturated carbocycles. The van der Waals surface area contributed by atoms with Crippen molar-refractivity contribution in [2.75, 3.05) is 0 Å². The molecular formula is H3Cr2CuP. The van der Waals surface area contributed by atoms with Gasteiger partial charge in [-0.3, -0.25) is 0 Å². The Bertz CT molecular complexity index is 6.00. The molecule has 0 N–H and O–H groups in total. The predicted octanol–water partition coefficient (Wildman–Crippen LogP) is 0.0506. The van der Waals surface area contributed by atoms with Crippen LogP contribution in [0.25, 0.3) is 0 Å². The van der Waals surface area contributed by atoms with Crippen LogP contribution in [0.4, 0.5) is 0 Å². The second-order valence-corrected chi connectivity index (χ2v) is 0. The molecule has 31 valence electrons. The molecule has 4 heteroatoms. The van der Waals surface area contributed by atoms with Crippen LogP contribution in [0, 0.1) is 0 Å². The van der Waals surface area contributed by atoms with Crippen LogP contribution in [0.1, 0.15) is 0 Å². The van der Waals surface area contributed by atoms with E-state index in [2.05, 4.69) is 0 Å². The van der Waals surface area contributed by atoms with E-state index in [0.717, 1.165) is 0 Å². The molecule has 0 nitrogen and oxygen atoms in total. The Balaban J connectivity index is 0. The van der Waals surface area contributed by atoms with Gasteiger partial charge in [-0.05, 0) is 0 Å². The van der Waals surface area contributed by atoms with E-state index in [0.29, 0.717) is 0 Å². The van der Waals surface area contributed by atoms with Crippen LogP contribution in [-0.2, 0) is 51.8 Å². The van der Waals surface area contributed by atoms with E-state index in [1.807, 2.05) is 0 Å². The van der Waals surface area contributed by atoms with Crippen molar-refractivity contribution < 1.29 is 51.8 Å². The molecule has 1 atom stereocenters. The number of hydrogen-bond donors (Lipinski definition) is 0. The Hall–Kier alpha value is 2.01. The van der Waals surface area contributed by atoms with Gasteiger partial charge in [0.2, 0.25) is 0 Å². The first-order chi connectivity index (χ1) is 0. The Kier molecular flexibility index (Phi) is 186. The first-order valence-electron chi connectivity index (χ1n) is 0. The minimum atomic E-state index is 0. The van der Waals surface area contributed by atoms with Gasteiger partial charge in [0.25, 0.3) is 0 Å². The van der Waals surface area contributed by atoms with E-state index < -0.39 is 0 Å². The Labute approximate surface area is 61.5 Å². The van der Waals surface area contributed by atoms with Crippen molar-refractivity contribution in [3.8, 4) is 0 Å². The maximum atomic E-state index is 0. The van der Waals surface area contributed by atoms with Gasteiger partial charge >= 0.3 is 0 Å². The molecule has 1 unspecified atom stereocenters. The van der Waals surface area contributed by atoms with Gasteiger partial charge in [0, 0.05) is 51.8 Å². The smallest absolute Gasteiger partial charge is 0 e. The summed E-state index contributed by atoms with van der Waals surface area (Å²) in [5.74, 6) is 0. The summed E-state index contributed by atoms with van der Waals surface area (Å²) < 4.78 is 0. The fourth-order valence-electron chi connectivity index (χ4n) is 0. The largest absolute Gasteiger partial charge is 0.153 e. The second kappa shape index (κ2) is 19.9. The molecular weight excluding hydrogens is 199 g/mol. The first kappa shape index (κ1) is 37.3. The zero-order chi connectivity index (χ0) is 0. The molecule has 0 aromatic rings. The van der Waals surface area contributed by atoms with Gasteiger partial charge in [0.1, 0.15) is 0 Å². The molecule has 0 aromatic carbocycles. The normalized spacial score (nSPS) is 0. The van der Waals surface area contributed by atoms with Crippen LogP contribution < -0.4 is 0 Å². The van der Waals surface area contributed by atoms with Crippen molar-refractivity contribution in [1.82, 2.24) is 0 Å². The van der Waals surface area contributed by atoms with Crippen LogP contribution in [-0.4, -0.2) is 0 Å². The van der Waals surface area contributed by atoms with Crippen LogP contribution in [0.5, 0.6) is 0 Å². The van der Waals surface area contributed by atoms with Gasteiger partial charge in [0.15, 0.2) is 0 Å². The van der Waals surface area contributed by atoms with Gasteiger partial charge in [-0.25, -0.2) is 0 Å². The molecule has 4 heavy (non-hydrogen) atoms. The molecule has 0 aliphatic heterocycles. The molecule has 0 heterocycles. The molecule has 1 radical (unpaired) electrons. The second-order valence-electron chi connectivity index (χ2n) is 0. The van der Waals surface area contributed by atoms with Crippen LogP contribution in [0.2, 0.25) is 0 Å². The van der Waals surface area contributed by atoms with Crippen molar-refractivity contribution in [2.45, 2.75) is 0 Å². The first-order valence-corrected chi connectivity index (χ1v) is 0. The van der Waals surface area contributed by atoms with E-state index in [4.69, 9.17) is 0 Å². The Morgan fingerprint density at radius 1 is 0.750 bits per heavy atom. The Morgan fingerprint density at radius 2 is 0.750 bits per heavy atom. The van der Waals surface area contributed by atoms with E-state index in [1.165, 1.54) is 0 Å². The summed E-state index contributed by atoms with van der Waals surface area (Å²) in [5, 5.41) is 0. The molecule has 0 saturated heterocycles. The molecule has 0 aliphatic rings. The maximum absolute atomic E-state index is 0. The predicted molar refractivity (Wildman–Crippen MR) is 11.1 cm³/mol. The third kappa shape index (κ3) is 8.99. The summed E-state index contributed by atoms with van der Waals surface area (Å²) in [7, 11) is 0. The third-order valence-corrected chi connectivity index (χ3v) is 0. The van der Waals surface area contributed by atoms with Crippen molar-refractivity contribution in [3.05, 3.63) is 0 Å². The van der Waals surface area contributed by atoms with Crippen LogP contribution >= 0.6 is 9.90 Å². The van der Waals surface area contributed by atoms with E-state index >= 15 is 0 Å². The van der Waals surface area contributed by atoms with E-state index in [1.54, 1.807) is 0 Å². The minimum absolute atomic E-state index is 0. The van der Waals surface area contributed by atoms with Crippen molar-refractivity contribution in [2.24, 2.45) is 0 Å². The summed E-state index contributed by atoms with van der Waals surface area (Å²) in [6.45, 7) is 0. The molecule has 0 spiro atoms. The van der Waals surface area contributed by atoms with Gasteiger partial charge in [-0.1, -0.05) is 0 Å². The molecule has 0 bridgehead atoms. The van der Waals surface area contributed by atoms with E-state index in [9.17, 15) is 0 Å². The van der Waals surface area contributed by atoms with Crippen molar-refractivity contribution >= 4 is 9.90 Å². The fourth-order valence-corrected chi connectivity index (χ4v) is 0. The van der Waals surface area contributed by atoms with Crippen LogP contribution in [0.15, 0.2) is 0 Å². The monoisotopic (exact) mass is 201 g/mol. The summed E-state index contributed by atoms with van der Waals surface area (Å²) in [4.78, 5) is 0. The quantitative estimate of drug-likeness (QED) is 0.384. The third-order valence-electron chi connectivity index (χ3n) is 0. The average Bonchev–Trinajstić information content (AvgIpc) is 0. The molecule has 0 rings (SSSR count). The standard InChI is InChI=1S/2Cr.Cu.H3P/h;;;1H3. The SMILES string of the molecule is P.[Cr].[Cr].[Cu]. The summed E-state index contributed by atoms with van der Waals surface area (Å²) in [5.41, 5.74) is 0. The number of hydrogen-bond acceptors (Lipinski definition) is 0. The average molecular weight is 202 g/mol. The molecule has 0 fully saturated rings. The molecule has 0 aliphatic carbocycles. The minimum Gasteiger partial charge on any atom is -0.153 e. The Morgan fingerprint density at radius 3 is 0.750 bits per heavy atom. The summed E-state index contributed by atoms with van der Waals surface area (Å²) in [6.07, 6.45) is 0. The maximum Gasteiger partial charge on any atom is 0 e. The van der Waals surface area contributed by atoms with Gasteiger partial charge < -0.3 is 0 Å². The summed E-state index contributed by atoms with van der Waals surface area (Å²) in [6, 6.07) is 0. The summed E-state index contributed by atoms with van der Waals surface area (Å²) >= 11 is 0. The molecule has 0 amide bonds. The van der Waals surface area contributed by atoms with Gasteiger partial charge in [-0.15, -0.1) is 0 Å². The van der Waals surface area contributed by atoms with E-state index in [-0.39, 0.29) is 61.7 Å². The molecule has 0 aromatic heterocycles.